The van der Waals surface area contributed by atoms with E-state index in [2.05, 4.69) is 12.2 Å². The summed E-state index contributed by atoms with van der Waals surface area (Å²) in [6, 6.07) is 0.520. The molecule has 1 amide bonds. The van der Waals surface area contributed by atoms with E-state index in [9.17, 15) is 4.79 Å². The van der Waals surface area contributed by atoms with E-state index in [0.717, 1.165) is 12.8 Å². The molecular formula is C11H19NO. The zero-order valence-corrected chi connectivity index (χ0v) is 8.44. The summed E-state index contributed by atoms with van der Waals surface area (Å²) in [5.74, 6) is 0.315. The second-order valence-electron chi connectivity index (χ2n) is 4.87. The first kappa shape index (κ1) is 9.04. The van der Waals surface area contributed by atoms with Gasteiger partial charge in [0.15, 0.2) is 0 Å². The lowest BCUT2D eigenvalue weighted by Crippen LogP contribution is -2.41. The topological polar surface area (TPSA) is 29.1 Å². The highest BCUT2D eigenvalue weighted by Gasteiger charge is 2.37. The molecule has 0 bridgehead atoms. The van der Waals surface area contributed by atoms with Crippen molar-refractivity contribution in [1.29, 1.82) is 0 Å². The van der Waals surface area contributed by atoms with Crippen molar-refractivity contribution < 1.29 is 4.79 Å². The Balaban J connectivity index is 1.90. The van der Waals surface area contributed by atoms with E-state index < -0.39 is 0 Å². The standard InChI is InChI=1S/C11H19NO/c1-11(7-3-2-4-8-11)10(13)12-9-5-6-9/h9H,2-8H2,1H3,(H,12,13). The molecule has 0 unspecified atom stereocenters. The molecule has 0 aromatic rings. The SMILES string of the molecule is CC1(C(=O)NC2CC2)CCCCC1. The molecule has 2 rings (SSSR count). The molecule has 2 nitrogen and oxygen atoms in total. The van der Waals surface area contributed by atoms with E-state index in [4.69, 9.17) is 0 Å². The zero-order chi connectivity index (χ0) is 9.31. The number of nitrogens with one attached hydrogen (secondary N) is 1. The Kier molecular flexibility index (Phi) is 2.31. The van der Waals surface area contributed by atoms with Crippen molar-refractivity contribution in [3.05, 3.63) is 0 Å². The molecule has 0 saturated heterocycles. The number of carbonyl (C=O) groups is 1. The highest BCUT2D eigenvalue weighted by atomic mass is 16.2. The van der Waals surface area contributed by atoms with Crippen molar-refractivity contribution in [2.45, 2.75) is 57.9 Å². The van der Waals surface area contributed by atoms with E-state index >= 15 is 0 Å². The molecule has 0 aliphatic heterocycles. The molecule has 1 N–H and O–H groups in total. The number of amides is 1. The summed E-state index contributed by atoms with van der Waals surface area (Å²) in [6.45, 7) is 2.13. The van der Waals surface area contributed by atoms with Crippen LogP contribution in [-0.4, -0.2) is 11.9 Å². The predicted octanol–water partition coefficient (Wildman–Crippen LogP) is 2.24. The summed E-state index contributed by atoms with van der Waals surface area (Å²) >= 11 is 0. The quantitative estimate of drug-likeness (QED) is 0.695. The maximum atomic E-state index is 11.9. The van der Waals surface area contributed by atoms with Crippen molar-refractivity contribution in [2.24, 2.45) is 5.41 Å². The molecular weight excluding hydrogens is 162 g/mol. The van der Waals surface area contributed by atoms with Gasteiger partial charge in [0.1, 0.15) is 0 Å². The van der Waals surface area contributed by atoms with Gasteiger partial charge in [-0.2, -0.15) is 0 Å². The number of rotatable bonds is 2. The lowest BCUT2D eigenvalue weighted by atomic mass is 9.75. The van der Waals surface area contributed by atoms with Gasteiger partial charge in [-0.05, 0) is 25.7 Å². The van der Waals surface area contributed by atoms with E-state index in [-0.39, 0.29) is 5.41 Å². The van der Waals surface area contributed by atoms with Crippen LogP contribution in [-0.2, 0) is 4.79 Å². The third-order valence-corrected chi connectivity index (χ3v) is 3.42. The van der Waals surface area contributed by atoms with Crippen LogP contribution < -0.4 is 5.32 Å². The number of hydrogen-bond donors (Lipinski definition) is 1. The van der Waals surface area contributed by atoms with Gasteiger partial charge < -0.3 is 5.32 Å². The average molecular weight is 181 g/mol. The largest absolute Gasteiger partial charge is 0.353 e. The van der Waals surface area contributed by atoms with E-state index in [1.54, 1.807) is 0 Å². The molecule has 0 radical (unpaired) electrons. The molecule has 2 fully saturated rings. The maximum absolute atomic E-state index is 11.9. The van der Waals surface area contributed by atoms with E-state index in [1.807, 2.05) is 0 Å². The highest BCUT2D eigenvalue weighted by molar-refractivity contribution is 5.82. The molecule has 0 atom stereocenters. The monoisotopic (exact) mass is 181 g/mol. The van der Waals surface area contributed by atoms with Crippen molar-refractivity contribution in [3.8, 4) is 0 Å². The summed E-state index contributed by atoms with van der Waals surface area (Å²) in [7, 11) is 0. The molecule has 0 spiro atoms. The van der Waals surface area contributed by atoms with E-state index in [1.165, 1.54) is 32.1 Å². The first-order valence-electron chi connectivity index (χ1n) is 5.52. The molecule has 2 aliphatic carbocycles. The summed E-state index contributed by atoms with van der Waals surface area (Å²) in [5.41, 5.74) is -0.0408. The molecule has 2 aliphatic rings. The van der Waals surface area contributed by atoms with Gasteiger partial charge in [-0.25, -0.2) is 0 Å². The third kappa shape index (κ3) is 2.04. The van der Waals surface area contributed by atoms with Crippen LogP contribution in [0.15, 0.2) is 0 Å². The molecule has 74 valence electrons. The fourth-order valence-electron chi connectivity index (χ4n) is 2.15. The second kappa shape index (κ2) is 3.32. The lowest BCUT2D eigenvalue weighted by Gasteiger charge is -2.32. The number of hydrogen-bond acceptors (Lipinski definition) is 1. The average Bonchev–Trinajstić information content (AvgIpc) is 2.89. The maximum Gasteiger partial charge on any atom is 0.226 e. The molecule has 2 saturated carbocycles. The van der Waals surface area contributed by atoms with Gasteiger partial charge in [0, 0.05) is 11.5 Å². The molecule has 0 aromatic heterocycles. The molecule has 13 heavy (non-hydrogen) atoms. The van der Waals surface area contributed by atoms with Crippen molar-refractivity contribution in [1.82, 2.24) is 5.32 Å². The minimum absolute atomic E-state index is 0.0408. The fraction of sp³-hybridized carbons (Fsp3) is 0.909. The minimum Gasteiger partial charge on any atom is -0.353 e. The summed E-state index contributed by atoms with van der Waals surface area (Å²) in [5, 5.41) is 3.13. The van der Waals surface area contributed by atoms with Crippen molar-refractivity contribution in [3.63, 3.8) is 0 Å². The smallest absolute Gasteiger partial charge is 0.226 e. The lowest BCUT2D eigenvalue weighted by molar-refractivity contribution is -0.132. The van der Waals surface area contributed by atoms with E-state index in [0.29, 0.717) is 11.9 Å². The molecule has 0 aromatic carbocycles. The first-order chi connectivity index (χ1) is 6.21. The fourth-order valence-corrected chi connectivity index (χ4v) is 2.15. The van der Waals surface area contributed by atoms with Crippen molar-refractivity contribution in [2.75, 3.05) is 0 Å². The second-order valence-corrected chi connectivity index (χ2v) is 4.87. The van der Waals surface area contributed by atoms with Crippen LogP contribution in [0.3, 0.4) is 0 Å². The van der Waals surface area contributed by atoms with Crippen LogP contribution in [0, 0.1) is 5.41 Å². The summed E-state index contributed by atoms with van der Waals surface area (Å²) < 4.78 is 0. The third-order valence-electron chi connectivity index (χ3n) is 3.42. The Morgan fingerprint density at radius 1 is 1.23 bits per heavy atom. The molecule has 2 heteroatoms. The highest BCUT2D eigenvalue weighted by Crippen LogP contribution is 2.36. The van der Waals surface area contributed by atoms with Crippen LogP contribution >= 0.6 is 0 Å². The van der Waals surface area contributed by atoms with Gasteiger partial charge in [-0.15, -0.1) is 0 Å². The Morgan fingerprint density at radius 2 is 1.85 bits per heavy atom. The predicted molar refractivity (Wildman–Crippen MR) is 52.4 cm³/mol. The Labute approximate surface area is 80.1 Å². The van der Waals surface area contributed by atoms with Gasteiger partial charge in [0.05, 0.1) is 0 Å². The summed E-state index contributed by atoms with van der Waals surface area (Å²) in [4.78, 5) is 11.9. The Bertz CT molecular complexity index is 202. The zero-order valence-electron chi connectivity index (χ0n) is 8.44. The first-order valence-corrected chi connectivity index (χ1v) is 5.52. The van der Waals surface area contributed by atoms with Crippen LogP contribution in [0.4, 0.5) is 0 Å². The minimum atomic E-state index is -0.0408. The molecule has 0 heterocycles. The van der Waals surface area contributed by atoms with Gasteiger partial charge in [-0.3, -0.25) is 4.79 Å². The number of carbonyl (C=O) groups excluding carboxylic acids is 1. The van der Waals surface area contributed by atoms with Crippen LogP contribution in [0.5, 0.6) is 0 Å². The van der Waals surface area contributed by atoms with Gasteiger partial charge in [0.25, 0.3) is 0 Å². The van der Waals surface area contributed by atoms with Crippen molar-refractivity contribution >= 4 is 5.91 Å². The Morgan fingerprint density at radius 3 is 2.38 bits per heavy atom. The van der Waals surface area contributed by atoms with Crippen LogP contribution in [0.25, 0.3) is 0 Å². The van der Waals surface area contributed by atoms with Gasteiger partial charge >= 0.3 is 0 Å². The Hall–Kier alpha value is -0.530. The normalized spacial score (nSPS) is 26.8. The van der Waals surface area contributed by atoms with Crippen LogP contribution in [0.2, 0.25) is 0 Å². The summed E-state index contributed by atoms with van der Waals surface area (Å²) in [6.07, 6.45) is 8.34. The van der Waals surface area contributed by atoms with Crippen LogP contribution in [0.1, 0.15) is 51.9 Å². The van der Waals surface area contributed by atoms with Gasteiger partial charge in [0.2, 0.25) is 5.91 Å². The van der Waals surface area contributed by atoms with Gasteiger partial charge in [-0.1, -0.05) is 26.2 Å².